The first kappa shape index (κ1) is 34.6. The van der Waals surface area contributed by atoms with Crippen molar-refractivity contribution in [3.05, 3.63) is 0 Å². The standard InChI is InChI=1S/Fe.GeH4.H2Se.Zn/h;1H4;1H2;. The van der Waals surface area contributed by atoms with Gasteiger partial charge in [-0.05, 0) is 0 Å². The van der Waals surface area contributed by atoms with Crippen LogP contribution in [0.2, 0.25) is 0 Å². The Labute approximate surface area is 70.5 Å². The van der Waals surface area contributed by atoms with E-state index < -0.39 is 0 Å². The molecule has 0 radical (unpaired) electrons. The first-order valence-corrected chi connectivity index (χ1v) is 0. The summed E-state index contributed by atoms with van der Waals surface area (Å²) in [5.74, 6) is 0. The molecule has 26 valence electrons. The molecule has 0 rings (SSSR count). The Bertz CT molecular complexity index is 8.00. The Balaban J connectivity index is 0. The van der Waals surface area contributed by atoms with Crippen LogP contribution in [0.3, 0.4) is 0 Å². The van der Waals surface area contributed by atoms with Gasteiger partial charge in [-0.2, -0.15) is 0 Å². The third-order valence-corrected chi connectivity index (χ3v) is 0. The maximum atomic E-state index is 0. The Morgan fingerprint density at radius 1 is 1.00 bits per heavy atom. The van der Waals surface area contributed by atoms with Gasteiger partial charge in [-0.3, -0.25) is 0 Å². The largest absolute Gasteiger partial charge is 0 e. The van der Waals surface area contributed by atoms with Crippen molar-refractivity contribution in [2.75, 3.05) is 0 Å². The Morgan fingerprint density at radius 3 is 1.00 bits per heavy atom. The molecule has 0 spiro atoms. The van der Waals surface area contributed by atoms with E-state index in [1.54, 1.807) is 0 Å². The molecular weight excluding hydrogens is 273 g/mol. The van der Waals surface area contributed by atoms with Crippen LogP contribution in [0.5, 0.6) is 0 Å². The third kappa shape index (κ3) is 8.88. The predicted molar refractivity (Wildman–Crippen MR) is 19.9 cm³/mol. The zero-order chi connectivity index (χ0) is 0. The van der Waals surface area contributed by atoms with Crippen LogP contribution in [0.25, 0.3) is 0 Å². The van der Waals surface area contributed by atoms with Crippen molar-refractivity contribution in [2.45, 2.75) is 0 Å². The Kier molecular flexibility index (Phi) is 164. The quantitative estimate of drug-likeness (QED) is 0.435. The summed E-state index contributed by atoms with van der Waals surface area (Å²) >= 11 is 0. The van der Waals surface area contributed by atoms with E-state index in [1.807, 2.05) is 0 Å². The van der Waals surface area contributed by atoms with Crippen molar-refractivity contribution in [2.24, 2.45) is 0 Å². The molecule has 0 amide bonds. The van der Waals surface area contributed by atoms with Gasteiger partial charge >= 0.3 is 34.7 Å². The van der Waals surface area contributed by atoms with Gasteiger partial charge < -0.3 is 0 Å². The molecule has 0 aliphatic heterocycles. The van der Waals surface area contributed by atoms with Crippen LogP contribution >= 0.6 is 0 Å². The van der Waals surface area contributed by atoms with Gasteiger partial charge in [0, 0.05) is 36.5 Å². The second-order valence-electron chi connectivity index (χ2n) is 0. The minimum absolute atomic E-state index is 0. The normalized spacial score (nSPS) is 0. The monoisotopic (exact) mass is 280 g/mol. The Hall–Kier alpha value is 2.21. The number of hydrogen-bond acceptors (Lipinski definition) is 0. The maximum absolute atomic E-state index is 0. The van der Waals surface area contributed by atoms with Crippen molar-refractivity contribution in [3.63, 3.8) is 0 Å². The van der Waals surface area contributed by atoms with E-state index in [0.717, 1.165) is 0 Å². The summed E-state index contributed by atoms with van der Waals surface area (Å²) in [7, 11) is 0. The molecule has 0 aromatic carbocycles. The molecule has 4 heteroatoms. The molecule has 0 heterocycles. The summed E-state index contributed by atoms with van der Waals surface area (Å²) in [6, 6.07) is 0. The minimum atomic E-state index is 0. The van der Waals surface area contributed by atoms with Gasteiger partial charge in [-0.1, -0.05) is 0 Å². The fourth-order valence-electron chi connectivity index (χ4n) is 0. The second-order valence-corrected chi connectivity index (χ2v) is 0. The maximum Gasteiger partial charge on any atom is 0 e. The van der Waals surface area contributed by atoms with Crippen LogP contribution in [-0.4, -0.2) is 34.7 Å². The van der Waals surface area contributed by atoms with Gasteiger partial charge in [0.1, 0.15) is 0 Å². The minimum Gasteiger partial charge on any atom is 0 e. The van der Waals surface area contributed by atoms with Gasteiger partial charge in [0.25, 0.3) is 0 Å². The molecule has 0 aliphatic rings. The fraction of sp³-hybridized carbons (Fsp3) is 0. The van der Waals surface area contributed by atoms with Crippen LogP contribution in [0.15, 0.2) is 0 Å². The van der Waals surface area contributed by atoms with E-state index in [4.69, 9.17) is 0 Å². The molecule has 0 aromatic heterocycles. The Morgan fingerprint density at radius 2 is 1.00 bits per heavy atom. The van der Waals surface area contributed by atoms with Crippen molar-refractivity contribution < 1.29 is 36.5 Å². The molecule has 0 nitrogen and oxygen atoms in total. The fourth-order valence-corrected chi connectivity index (χ4v) is 0. The SMILES string of the molecule is [Fe].[GeH4].[SeH2].[Zn]. The summed E-state index contributed by atoms with van der Waals surface area (Å²) in [6.45, 7) is 0. The zero-order valence-corrected chi connectivity index (χ0v) is 7.73. The van der Waals surface area contributed by atoms with Gasteiger partial charge in [0.15, 0.2) is 0 Å². The molecule has 0 unspecified atom stereocenters. The van der Waals surface area contributed by atoms with Crippen LogP contribution in [-0.2, 0) is 36.5 Å². The molecule has 0 atom stereocenters. The van der Waals surface area contributed by atoms with Crippen LogP contribution < -0.4 is 0 Å². The van der Waals surface area contributed by atoms with Crippen molar-refractivity contribution in [3.8, 4) is 0 Å². The molecule has 0 aliphatic carbocycles. The summed E-state index contributed by atoms with van der Waals surface area (Å²) < 4.78 is 0. The third-order valence-electron chi connectivity index (χ3n) is 0. The summed E-state index contributed by atoms with van der Waals surface area (Å²) in [4.78, 5) is 0. The first-order valence-electron chi connectivity index (χ1n) is 0. The van der Waals surface area contributed by atoms with Crippen LogP contribution in [0.4, 0.5) is 0 Å². The van der Waals surface area contributed by atoms with Crippen LogP contribution in [0, 0.1) is 0 Å². The van der Waals surface area contributed by atoms with Gasteiger partial charge in [-0.15, -0.1) is 0 Å². The van der Waals surface area contributed by atoms with Crippen molar-refractivity contribution in [1.29, 1.82) is 0 Å². The smallest absolute Gasteiger partial charge is 0 e. The van der Waals surface area contributed by atoms with Crippen LogP contribution in [0.1, 0.15) is 0 Å². The first-order chi connectivity index (χ1) is 0. The van der Waals surface area contributed by atoms with E-state index in [1.165, 1.54) is 0 Å². The molecule has 0 fully saturated rings. The van der Waals surface area contributed by atoms with Crippen molar-refractivity contribution in [1.82, 2.24) is 0 Å². The molecule has 4 heavy (non-hydrogen) atoms. The molecule has 0 saturated heterocycles. The molecule has 0 N–H and O–H groups in total. The summed E-state index contributed by atoms with van der Waals surface area (Å²) in [6.07, 6.45) is 0. The van der Waals surface area contributed by atoms with E-state index in [-0.39, 0.29) is 71.2 Å². The predicted octanol–water partition coefficient (Wildman–Crippen LogP) is -2.37. The van der Waals surface area contributed by atoms with E-state index in [2.05, 4.69) is 0 Å². The second kappa shape index (κ2) is 18.9. The van der Waals surface area contributed by atoms with Gasteiger partial charge in [0.05, 0.1) is 0 Å². The summed E-state index contributed by atoms with van der Waals surface area (Å²) in [5.41, 5.74) is 0. The summed E-state index contributed by atoms with van der Waals surface area (Å²) in [5, 5.41) is 0. The van der Waals surface area contributed by atoms with E-state index in [0.29, 0.717) is 0 Å². The molecule has 0 saturated carbocycles. The van der Waals surface area contributed by atoms with Gasteiger partial charge in [-0.25, -0.2) is 0 Å². The number of rotatable bonds is 0. The van der Waals surface area contributed by atoms with E-state index in [9.17, 15) is 0 Å². The zero-order valence-electron chi connectivity index (χ0n) is 1.56. The topological polar surface area (TPSA) is 0 Å². The number of hydrogen-bond donors (Lipinski definition) is 0. The van der Waals surface area contributed by atoms with Gasteiger partial charge in [0.2, 0.25) is 0 Å². The molecule has 0 bridgehead atoms. The van der Waals surface area contributed by atoms with Crippen molar-refractivity contribution >= 4 is 34.7 Å². The average Bonchev–Trinajstić information content (AvgIpc) is 0. The van der Waals surface area contributed by atoms with E-state index >= 15 is 0 Å². The average molecular weight is 279 g/mol. The molecular formula is H6FeGeSeZn. The molecule has 0 aromatic rings.